The lowest BCUT2D eigenvalue weighted by Gasteiger charge is -2.12. The average Bonchev–Trinajstić information content (AvgIpc) is 3.21. The predicted molar refractivity (Wildman–Crippen MR) is 119 cm³/mol. The Kier molecular flexibility index (Phi) is 10.9. The Balaban J connectivity index is 0.00000312. The number of aliphatic hydroxyl groups is 1. The molecule has 0 aliphatic rings. The number of halogens is 2. The Labute approximate surface area is 179 Å². The first-order valence-electron chi connectivity index (χ1n) is 8.01. The van der Waals surface area contributed by atoms with Gasteiger partial charge in [-0.25, -0.2) is 4.98 Å². The molecule has 2 rings (SSSR count). The molecular formula is C16H24ClIN4OS2. The smallest absolute Gasteiger partial charge is 0.191 e. The van der Waals surface area contributed by atoms with E-state index in [0.717, 1.165) is 36.5 Å². The van der Waals surface area contributed by atoms with Crippen LogP contribution in [0.2, 0.25) is 4.34 Å². The third-order valence-corrected chi connectivity index (χ3v) is 5.64. The number of aromatic nitrogens is 1. The van der Waals surface area contributed by atoms with E-state index in [-0.39, 0.29) is 24.0 Å². The van der Waals surface area contributed by atoms with Crippen LogP contribution in [0.5, 0.6) is 0 Å². The number of rotatable bonds is 8. The molecule has 0 bridgehead atoms. The third-order valence-electron chi connectivity index (χ3n) is 3.26. The molecule has 0 saturated carbocycles. The van der Waals surface area contributed by atoms with E-state index in [0.29, 0.717) is 16.8 Å². The van der Waals surface area contributed by atoms with Crippen molar-refractivity contribution in [2.24, 2.45) is 4.99 Å². The molecule has 25 heavy (non-hydrogen) atoms. The summed E-state index contributed by atoms with van der Waals surface area (Å²) in [7, 11) is 0. The largest absolute Gasteiger partial charge is 0.386 e. The van der Waals surface area contributed by atoms with Crippen molar-refractivity contribution in [3.63, 3.8) is 0 Å². The van der Waals surface area contributed by atoms with Crippen LogP contribution in [0.1, 0.15) is 35.5 Å². The SMILES string of the molecule is CCNC(=NCC(O)c1ccc(Cl)s1)NCCc1csc(CC)n1.I. The normalized spacial score (nSPS) is 12.6. The molecular weight excluding hydrogens is 491 g/mol. The Morgan fingerprint density at radius 2 is 2.16 bits per heavy atom. The van der Waals surface area contributed by atoms with Crippen molar-refractivity contribution < 1.29 is 5.11 Å². The van der Waals surface area contributed by atoms with Crippen LogP contribution in [-0.2, 0) is 12.8 Å². The van der Waals surface area contributed by atoms with Crippen molar-refractivity contribution in [2.45, 2.75) is 32.8 Å². The van der Waals surface area contributed by atoms with Gasteiger partial charge in [0, 0.05) is 29.8 Å². The summed E-state index contributed by atoms with van der Waals surface area (Å²) in [6.45, 7) is 5.94. The number of nitrogens with zero attached hydrogens (tertiary/aromatic N) is 2. The van der Waals surface area contributed by atoms with Gasteiger partial charge in [0.05, 0.1) is 21.6 Å². The quantitative estimate of drug-likeness (QED) is 0.284. The van der Waals surface area contributed by atoms with Gasteiger partial charge in [0.1, 0.15) is 6.10 Å². The highest BCUT2D eigenvalue weighted by Crippen LogP contribution is 2.26. The minimum atomic E-state index is -0.636. The van der Waals surface area contributed by atoms with Gasteiger partial charge in [0.25, 0.3) is 0 Å². The monoisotopic (exact) mass is 514 g/mol. The number of thiophene rings is 1. The van der Waals surface area contributed by atoms with E-state index in [1.54, 1.807) is 17.4 Å². The van der Waals surface area contributed by atoms with Gasteiger partial charge in [-0.15, -0.1) is 46.7 Å². The molecule has 0 aliphatic carbocycles. The number of guanidine groups is 1. The summed E-state index contributed by atoms with van der Waals surface area (Å²) in [4.78, 5) is 9.82. The molecule has 0 aliphatic heterocycles. The molecule has 0 radical (unpaired) electrons. The standard InChI is InChI=1S/C16H23ClN4OS2.HI/c1-3-15-21-11(10-23-15)7-8-19-16(18-4-2)20-9-12(22)13-5-6-14(17)24-13;/h5-6,10,12,22H,3-4,7-9H2,1-2H3,(H2,18,19,20);1H. The topological polar surface area (TPSA) is 69.5 Å². The molecule has 0 fully saturated rings. The van der Waals surface area contributed by atoms with Crippen LogP contribution in [0.15, 0.2) is 22.5 Å². The zero-order valence-corrected chi connectivity index (χ0v) is 19.0. The van der Waals surface area contributed by atoms with Crippen LogP contribution in [0, 0.1) is 0 Å². The fourth-order valence-electron chi connectivity index (χ4n) is 2.05. The van der Waals surface area contributed by atoms with Gasteiger partial charge in [-0.3, -0.25) is 4.99 Å². The predicted octanol–water partition coefficient (Wildman–Crippen LogP) is 3.87. The lowest BCUT2D eigenvalue weighted by atomic mass is 10.3. The maximum absolute atomic E-state index is 10.2. The highest BCUT2D eigenvalue weighted by molar-refractivity contribution is 14.0. The summed E-state index contributed by atoms with van der Waals surface area (Å²) in [6, 6.07) is 3.62. The molecule has 2 heterocycles. The zero-order valence-electron chi connectivity index (χ0n) is 14.3. The zero-order chi connectivity index (χ0) is 17.4. The number of nitrogens with one attached hydrogen (secondary N) is 2. The highest BCUT2D eigenvalue weighted by atomic mass is 127. The maximum atomic E-state index is 10.2. The summed E-state index contributed by atoms with van der Waals surface area (Å²) in [5.41, 5.74) is 1.11. The summed E-state index contributed by atoms with van der Waals surface area (Å²) >= 11 is 8.98. The van der Waals surface area contributed by atoms with Gasteiger partial charge >= 0.3 is 0 Å². The van der Waals surface area contributed by atoms with Gasteiger partial charge in [-0.05, 0) is 25.5 Å². The summed E-state index contributed by atoms with van der Waals surface area (Å²) in [6.07, 6.45) is 1.19. The van der Waals surface area contributed by atoms with Crippen LogP contribution in [0.3, 0.4) is 0 Å². The summed E-state index contributed by atoms with van der Waals surface area (Å²) in [5.74, 6) is 0.699. The maximum Gasteiger partial charge on any atom is 0.191 e. The number of aryl methyl sites for hydroxylation is 1. The molecule has 0 saturated heterocycles. The fraction of sp³-hybridized carbons (Fsp3) is 0.500. The first kappa shape index (κ1) is 22.6. The molecule has 0 spiro atoms. The van der Waals surface area contributed by atoms with Gasteiger partial charge < -0.3 is 15.7 Å². The number of hydrogen-bond donors (Lipinski definition) is 3. The number of thiazole rings is 1. The Bertz CT molecular complexity index is 662. The molecule has 9 heteroatoms. The van der Waals surface area contributed by atoms with Gasteiger partial charge in [0.2, 0.25) is 0 Å². The van der Waals surface area contributed by atoms with Gasteiger partial charge in [-0.1, -0.05) is 18.5 Å². The van der Waals surface area contributed by atoms with Crippen LogP contribution in [0.25, 0.3) is 0 Å². The molecule has 2 aromatic heterocycles. The first-order valence-corrected chi connectivity index (χ1v) is 10.1. The van der Waals surface area contributed by atoms with Crippen molar-refractivity contribution >= 4 is 64.2 Å². The minimum absolute atomic E-state index is 0. The van der Waals surface area contributed by atoms with Crippen LogP contribution in [0.4, 0.5) is 0 Å². The fourth-order valence-corrected chi connectivity index (χ4v) is 3.87. The van der Waals surface area contributed by atoms with E-state index in [2.05, 4.69) is 32.9 Å². The van der Waals surface area contributed by atoms with Crippen molar-refractivity contribution in [3.8, 4) is 0 Å². The van der Waals surface area contributed by atoms with E-state index in [1.165, 1.54) is 16.3 Å². The third kappa shape index (κ3) is 7.78. The van der Waals surface area contributed by atoms with Crippen LogP contribution >= 0.6 is 58.3 Å². The summed E-state index contributed by atoms with van der Waals surface area (Å²) in [5, 5.41) is 19.9. The van der Waals surface area contributed by atoms with Gasteiger partial charge in [-0.2, -0.15) is 0 Å². The second kappa shape index (κ2) is 12.1. The highest BCUT2D eigenvalue weighted by Gasteiger charge is 2.10. The molecule has 1 unspecified atom stereocenters. The van der Waals surface area contributed by atoms with E-state index >= 15 is 0 Å². The lowest BCUT2D eigenvalue weighted by molar-refractivity contribution is 0.191. The van der Waals surface area contributed by atoms with E-state index in [1.807, 2.05) is 13.0 Å². The van der Waals surface area contributed by atoms with Gasteiger partial charge in [0.15, 0.2) is 5.96 Å². The Hall–Kier alpha value is -0.420. The number of aliphatic hydroxyl groups excluding tert-OH is 1. The Morgan fingerprint density at radius 3 is 2.76 bits per heavy atom. The van der Waals surface area contributed by atoms with E-state index < -0.39 is 6.10 Å². The summed E-state index contributed by atoms with van der Waals surface area (Å²) < 4.78 is 0.674. The molecule has 140 valence electrons. The number of aliphatic imine (C=N–C) groups is 1. The molecule has 0 aromatic carbocycles. The van der Waals surface area contributed by atoms with Crippen LogP contribution in [-0.4, -0.2) is 35.7 Å². The molecule has 5 nitrogen and oxygen atoms in total. The average molecular weight is 515 g/mol. The lowest BCUT2D eigenvalue weighted by Crippen LogP contribution is -2.38. The van der Waals surface area contributed by atoms with E-state index in [9.17, 15) is 5.11 Å². The number of hydrogen-bond acceptors (Lipinski definition) is 5. The van der Waals surface area contributed by atoms with Crippen molar-refractivity contribution in [3.05, 3.63) is 37.4 Å². The second-order valence-electron chi connectivity index (χ2n) is 5.14. The van der Waals surface area contributed by atoms with Crippen molar-refractivity contribution in [1.82, 2.24) is 15.6 Å². The minimum Gasteiger partial charge on any atom is -0.386 e. The van der Waals surface area contributed by atoms with Crippen molar-refractivity contribution in [2.75, 3.05) is 19.6 Å². The Morgan fingerprint density at radius 1 is 1.36 bits per heavy atom. The van der Waals surface area contributed by atoms with Crippen LogP contribution < -0.4 is 10.6 Å². The van der Waals surface area contributed by atoms with Crippen molar-refractivity contribution in [1.29, 1.82) is 0 Å². The molecule has 1 atom stereocenters. The second-order valence-corrected chi connectivity index (χ2v) is 7.83. The molecule has 2 aromatic rings. The van der Waals surface area contributed by atoms with E-state index in [4.69, 9.17) is 11.6 Å². The first-order chi connectivity index (χ1) is 11.6. The molecule has 3 N–H and O–H groups in total. The molecule has 0 amide bonds.